The Morgan fingerprint density at radius 2 is 1.89 bits per heavy atom. The van der Waals surface area contributed by atoms with E-state index in [-0.39, 0.29) is 18.0 Å². The third-order valence-electron chi connectivity index (χ3n) is 3.15. The molecule has 1 fully saturated rings. The van der Waals surface area contributed by atoms with Crippen LogP contribution in [0.4, 0.5) is 10.1 Å². The molecule has 1 aromatic carbocycles. The van der Waals surface area contributed by atoms with E-state index in [1.165, 1.54) is 12.1 Å². The maximum atomic E-state index is 12.7. The third kappa shape index (κ3) is 3.65. The van der Waals surface area contributed by atoms with Gasteiger partial charge in [-0.25, -0.2) is 4.39 Å². The summed E-state index contributed by atoms with van der Waals surface area (Å²) in [5.41, 5.74) is 0.735. The molecule has 98 valence electrons. The van der Waals surface area contributed by atoms with Gasteiger partial charge in [-0.15, -0.1) is 0 Å². The first-order valence-electron chi connectivity index (χ1n) is 6.16. The Hall–Kier alpha value is -1.20. The highest BCUT2D eigenvalue weighted by atomic mass is 32.1. The zero-order valence-corrected chi connectivity index (χ0v) is 10.8. The molecule has 3 N–H and O–H groups in total. The molecule has 0 aliphatic heterocycles. The first-order chi connectivity index (χ1) is 8.65. The summed E-state index contributed by atoms with van der Waals surface area (Å²) in [6.45, 7) is 0. The Labute approximate surface area is 111 Å². The van der Waals surface area contributed by atoms with Gasteiger partial charge >= 0.3 is 0 Å². The topological polar surface area (TPSA) is 44.3 Å². The van der Waals surface area contributed by atoms with Gasteiger partial charge in [-0.1, -0.05) is 12.8 Å². The summed E-state index contributed by atoms with van der Waals surface area (Å²) in [5.74, 6) is -0.276. The van der Waals surface area contributed by atoms with Crippen molar-refractivity contribution in [3.63, 3.8) is 0 Å². The Kier molecular flexibility index (Phi) is 4.49. The van der Waals surface area contributed by atoms with Gasteiger partial charge in [-0.2, -0.15) is 0 Å². The Morgan fingerprint density at radius 1 is 1.22 bits per heavy atom. The van der Waals surface area contributed by atoms with Crippen LogP contribution in [-0.4, -0.2) is 22.4 Å². The highest BCUT2D eigenvalue weighted by molar-refractivity contribution is 7.80. The van der Waals surface area contributed by atoms with E-state index in [2.05, 4.69) is 10.6 Å². The average Bonchev–Trinajstić information content (AvgIpc) is 2.35. The maximum Gasteiger partial charge on any atom is 0.171 e. The molecule has 0 amide bonds. The molecular formula is C13H17FN2OS. The zero-order chi connectivity index (χ0) is 13.0. The molecule has 0 aromatic heterocycles. The van der Waals surface area contributed by atoms with E-state index in [4.69, 9.17) is 12.2 Å². The van der Waals surface area contributed by atoms with Gasteiger partial charge in [-0.3, -0.25) is 0 Å². The second kappa shape index (κ2) is 6.11. The fourth-order valence-electron chi connectivity index (χ4n) is 2.15. The number of halogens is 1. The normalized spacial score (nSPS) is 23.4. The van der Waals surface area contributed by atoms with Crippen molar-refractivity contribution < 1.29 is 9.50 Å². The number of aliphatic hydroxyl groups excluding tert-OH is 1. The number of hydrogen-bond donors (Lipinski definition) is 3. The van der Waals surface area contributed by atoms with Gasteiger partial charge in [0.15, 0.2) is 5.11 Å². The largest absolute Gasteiger partial charge is 0.391 e. The van der Waals surface area contributed by atoms with Crippen LogP contribution < -0.4 is 10.6 Å². The van der Waals surface area contributed by atoms with Crippen LogP contribution in [0.3, 0.4) is 0 Å². The molecule has 1 aliphatic carbocycles. The predicted molar refractivity (Wildman–Crippen MR) is 74.0 cm³/mol. The molecule has 0 heterocycles. The second-order valence-corrected chi connectivity index (χ2v) is 4.97. The molecule has 2 atom stereocenters. The highest BCUT2D eigenvalue weighted by Gasteiger charge is 2.23. The fourth-order valence-corrected chi connectivity index (χ4v) is 2.42. The molecule has 1 saturated carbocycles. The van der Waals surface area contributed by atoms with Crippen LogP contribution in [0.15, 0.2) is 24.3 Å². The Balaban J connectivity index is 1.86. The first kappa shape index (κ1) is 13.2. The van der Waals surface area contributed by atoms with Gasteiger partial charge in [0.2, 0.25) is 0 Å². The maximum absolute atomic E-state index is 12.7. The van der Waals surface area contributed by atoms with Crippen molar-refractivity contribution in [3.8, 4) is 0 Å². The number of rotatable bonds is 2. The van der Waals surface area contributed by atoms with Crippen molar-refractivity contribution in [1.29, 1.82) is 0 Å². The van der Waals surface area contributed by atoms with E-state index in [0.717, 1.165) is 31.4 Å². The van der Waals surface area contributed by atoms with Gasteiger partial charge in [0.25, 0.3) is 0 Å². The minimum absolute atomic E-state index is 0.0131. The summed E-state index contributed by atoms with van der Waals surface area (Å²) in [6, 6.07) is 6.02. The number of thiocarbonyl (C=S) groups is 1. The number of anilines is 1. The van der Waals surface area contributed by atoms with Crippen molar-refractivity contribution in [3.05, 3.63) is 30.1 Å². The lowest BCUT2D eigenvalue weighted by Crippen LogP contribution is -2.46. The minimum Gasteiger partial charge on any atom is -0.391 e. The Morgan fingerprint density at radius 3 is 2.56 bits per heavy atom. The standard InChI is InChI=1S/C13H17FN2OS/c14-9-5-7-10(8-6-9)15-13(18)16-11-3-1-2-4-12(11)17/h5-8,11-12,17H,1-4H2,(H2,15,16,18). The molecular weight excluding hydrogens is 251 g/mol. The molecule has 3 nitrogen and oxygen atoms in total. The lowest BCUT2D eigenvalue weighted by molar-refractivity contribution is 0.100. The molecule has 0 saturated heterocycles. The zero-order valence-electron chi connectivity index (χ0n) is 10.0. The fraction of sp³-hybridized carbons (Fsp3) is 0.462. The summed E-state index contributed by atoms with van der Waals surface area (Å²) >= 11 is 5.18. The van der Waals surface area contributed by atoms with Crippen molar-refractivity contribution in [2.24, 2.45) is 0 Å². The van der Waals surface area contributed by atoms with Crippen LogP contribution in [-0.2, 0) is 0 Å². The SMILES string of the molecule is OC1CCCCC1NC(=S)Nc1ccc(F)cc1. The number of nitrogens with one attached hydrogen (secondary N) is 2. The van der Waals surface area contributed by atoms with Gasteiger partial charge < -0.3 is 15.7 Å². The second-order valence-electron chi connectivity index (χ2n) is 4.56. The van der Waals surface area contributed by atoms with Crippen molar-refractivity contribution in [2.75, 3.05) is 5.32 Å². The molecule has 2 unspecified atom stereocenters. The summed E-state index contributed by atoms with van der Waals surface area (Å²) in [4.78, 5) is 0. The van der Waals surface area contributed by atoms with E-state index in [1.54, 1.807) is 12.1 Å². The van der Waals surface area contributed by atoms with Crippen LogP contribution >= 0.6 is 12.2 Å². The minimum atomic E-state index is -0.341. The van der Waals surface area contributed by atoms with E-state index >= 15 is 0 Å². The third-order valence-corrected chi connectivity index (χ3v) is 3.37. The quantitative estimate of drug-likeness (QED) is 0.721. The predicted octanol–water partition coefficient (Wildman–Crippen LogP) is 2.42. The average molecular weight is 268 g/mol. The van der Waals surface area contributed by atoms with Gasteiger partial charge in [0.1, 0.15) is 5.82 Å². The summed E-state index contributed by atoms with van der Waals surface area (Å²) < 4.78 is 12.7. The lowest BCUT2D eigenvalue weighted by Gasteiger charge is -2.29. The van der Waals surface area contributed by atoms with Crippen molar-refractivity contribution >= 4 is 23.0 Å². The summed E-state index contributed by atoms with van der Waals surface area (Å²) in [7, 11) is 0. The summed E-state index contributed by atoms with van der Waals surface area (Å²) in [6.07, 6.45) is 3.57. The molecule has 5 heteroatoms. The van der Waals surface area contributed by atoms with E-state index in [0.29, 0.717) is 5.11 Å². The monoisotopic (exact) mass is 268 g/mol. The van der Waals surface area contributed by atoms with Crippen molar-refractivity contribution in [1.82, 2.24) is 5.32 Å². The van der Waals surface area contributed by atoms with Gasteiger partial charge in [-0.05, 0) is 49.3 Å². The summed E-state index contributed by atoms with van der Waals surface area (Å²) in [5, 5.41) is 16.4. The first-order valence-corrected chi connectivity index (χ1v) is 6.57. The lowest BCUT2D eigenvalue weighted by atomic mass is 9.93. The molecule has 2 rings (SSSR count). The molecule has 0 spiro atoms. The number of benzene rings is 1. The van der Waals surface area contributed by atoms with E-state index in [1.807, 2.05) is 0 Å². The Bertz CT molecular complexity index is 410. The van der Waals surface area contributed by atoms with Crippen LogP contribution in [0.1, 0.15) is 25.7 Å². The molecule has 18 heavy (non-hydrogen) atoms. The number of aliphatic hydroxyl groups is 1. The van der Waals surface area contributed by atoms with E-state index in [9.17, 15) is 9.50 Å². The van der Waals surface area contributed by atoms with Crippen LogP contribution in [0.5, 0.6) is 0 Å². The number of hydrogen-bond acceptors (Lipinski definition) is 2. The smallest absolute Gasteiger partial charge is 0.171 e. The van der Waals surface area contributed by atoms with Crippen LogP contribution in [0.2, 0.25) is 0 Å². The highest BCUT2D eigenvalue weighted by Crippen LogP contribution is 2.18. The van der Waals surface area contributed by atoms with Crippen molar-refractivity contribution in [2.45, 2.75) is 37.8 Å². The van der Waals surface area contributed by atoms with E-state index < -0.39 is 0 Å². The van der Waals surface area contributed by atoms with Gasteiger partial charge in [0, 0.05) is 5.69 Å². The molecule has 1 aromatic rings. The molecule has 0 radical (unpaired) electrons. The van der Waals surface area contributed by atoms with Crippen LogP contribution in [0.25, 0.3) is 0 Å². The molecule has 0 bridgehead atoms. The van der Waals surface area contributed by atoms with Gasteiger partial charge in [0.05, 0.1) is 12.1 Å². The van der Waals surface area contributed by atoms with Crippen LogP contribution in [0, 0.1) is 5.82 Å². The molecule has 1 aliphatic rings.